The third-order valence-corrected chi connectivity index (χ3v) is 5.94. The van der Waals surface area contributed by atoms with Gasteiger partial charge in [-0.1, -0.05) is 45.7 Å². The van der Waals surface area contributed by atoms with Crippen molar-refractivity contribution in [3.05, 3.63) is 68.1 Å². The van der Waals surface area contributed by atoms with Gasteiger partial charge < -0.3 is 9.47 Å². The highest BCUT2D eigenvalue weighted by Gasteiger charge is 2.28. The number of esters is 1. The fourth-order valence-corrected chi connectivity index (χ4v) is 4.56. The van der Waals surface area contributed by atoms with Crippen molar-refractivity contribution in [2.24, 2.45) is 4.99 Å². The van der Waals surface area contributed by atoms with E-state index in [1.165, 1.54) is 11.3 Å². The molecule has 0 aliphatic carbocycles. The molecule has 1 aromatic heterocycles. The number of carbonyl (C=O) groups excluding carboxylic acids is 1. The summed E-state index contributed by atoms with van der Waals surface area (Å²) in [5.74, 6) is 0.428. The molecule has 0 amide bonds. The van der Waals surface area contributed by atoms with E-state index in [2.05, 4.69) is 20.9 Å². The summed E-state index contributed by atoms with van der Waals surface area (Å²) in [5, 5.41) is 1.44. The van der Waals surface area contributed by atoms with Gasteiger partial charge in [0.25, 0.3) is 0 Å². The van der Waals surface area contributed by atoms with Crippen LogP contribution in [0.25, 0.3) is 16.2 Å². The predicted molar refractivity (Wildman–Crippen MR) is 108 cm³/mol. The normalized spacial score (nSPS) is 15.4. The summed E-state index contributed by atoms with van der Waals surface area (Å²) in [7, 11) is 1.59. The van der Waals surface area contributed by atoms with Crippen LogP contribution in [0.15, 0.2) is 57.6 Å². The fraction of sp³-hybridized carbons (Fsp3) is 0.0526. The molecule has 0 spiro atoms. The van der Waals surface area contributed by atoms with Crippen molar-refractivity contribution in [2.45, 2.75) is 0 Å². The monoisotopic (exact) mass is 447 g/mol. The average Bonchev–Trinajstić information content (AvgIpc) is 3.15. The van der Waals surface area contributed by atoms with Crippen molar-refractivity contribution in [1.29, 1.82) is 0 Å². The molecule has 1 aliphatic rings. The third kappa shape index (κ3) is 3.16. The zero-order valence-electron chi connectivity index (χ0n) is 13.5. The molecule has 0 fully saturated rings. The number of benzene rings is 2. The maximum atomic E-state index is 12.2. The Morgan fingerprint density at radius 1 is 1.27 bits per heavy atom. The molecule has 0 saturated carbocycles. The fourth-order valence-electron chi connectivity index (χ4n) is 2.57. The van der Waals surface area contributed by atoms with E-state index in [4.69, 9.17) is 21.1 Å². The number of thiophene rings is 1. The summed E-state index contributed by atoms with van der Waals surface area (Å²) in [6.07, 6.45) is 1.66. The zero-order chi connectivity index (χ0) is 18.3. The molecule has 2 aromatic carbocycles. The lowest BCUT2D eigenvalue weighted by molar-refractivity contribution is -0.129. The van der Waals surface area contributed by atoms with Crippen LogP contribution in [-0.2, 0) is 9.53 Å². The molecule has 0 saturated heterocycles. The van der Waals surface area contributed by atoms with Gasteiger partial charge in [-0.15, -0.1) is 11.3 Å². The number of hydrogen-bond donors (Lipinski definition) is 0. The summed E-state index contributed by atoms with van der Waals surface area (Å²) in [6.45, 7) is 0. The van der Waals surface area contributed by atoms with E-state index in [9.17, 15) is 4.79 Å². The van der Waals surface area contributed by atoms with Crippen LogP contribution in [0.4, 0.5) is 0 Å². The Balaban J connectivity index is 1.74. The van der Waals surface area contributed by atoms with Crippen molar-refractivity contribution in [1.82, 2.24) is 0 Å². The number of methoxy groups -OCH3 is 1. The number of cyclic esters (lactones) is 1. The lowest BCUT2D eigenvalue weighted by atomic mass is 10.2. The Morgan fingerprint density at radius 3 is 2.92 bits per heavy atom. The van der Waals surface area contributed by atoms with Crippen LogP contribution in [0.5, 0.6) is 5.75 Å². The standard InChI is InChI=1S/C19H11BrClNO3S/c1-24-12-4-2-3-10(7-12)8-14-19(23)25-18(22-14)17-16(21)13-6-5-11(20)9-15(13)26-17/h2-9H,1H3/b14-8+. The number of fused-ring (bicyclic) bond motifs is 1. The Morgan fingerprint density at radius 2 is 2.12 bits per heavy atom. The maximum absolute atomic E-state index is 12.2. The van der Waals surface area contributed by atoms with Gasteiger partial charge in [-0.05, 0) is 35.9 Å². The van der Waals surface area contributed by atoms with Crippen molar-refractivity contribution >= 4 is 66.9 Å². The SMILES string of the molecule is COc1cccc(/C=C2/N=C(c3sc4cc(Br)ccc4c3Cl)OC2=O)c1. The second kappa shape index (κ2) is 6.87. The third-order valence-electron chi connectivity index (χ3n) is 3.80. The highest BCUT2D eigenvalue weighted by molar-refractivity contribution is 9.10. The number of rotatable bonds is 3. The Labute approximate surface area is 166 Å². The van der Waals surface area contributed by atoms with Crippen LogP contribution >= 0.6 is 38.9 Å². The second-order valence-electron chi connectivity index (χ2n) is 5.50. The molecule has 26 heavy (non-hydrogen) atoms. The van der Waals surface area contributed by atoms with Gasteiger partial charge in [-0.3, -0.25) is 0 Å². The van der Waals surface area contributed by atoms with Crippen LogP contribution in [0.3, 0.4) is 0 Å². The van der Waals surface area contributed by atoms with Gasteiger partial charge >= 0.3 is 5.97 Å². The molecule has 1 aliphatic heterocycles. The first kappa shape index (κ1) is 17.3. The van der Waals surface area contributed by atoms with Crippen molar-refractivity contribution < 1.29 is 14.3 Å². The summed E-state index contributed by atoms with van der Waals surface area (Å²) in [4.78, 5) is 17.2. The number of aliphatic imine (C=N–C) groups is 1. The summed E-state index contributed by atoms with van der Waals surface area (Å²) in [6, 6.07) is 13.2. The second-order valence-corrected chi connectivity index (χ2v) is 7.84. The number of hydrogen-bond acceptors (Lipinski definition) is 5. The van der Waals surface area contributed by atoms with E-state index < -0.39 is 5.97 Å². The van der Waals surface area contributed by atoms with Gasteiger partial charge in [-0.2, -0.15) is 0 Å². The first-order valence-corrected chi connectivity index (χ1v) is 9.58. The summed E-state index contributed by atoms with van der Waals surface area (Å²) in [5.41, 5.74) is 1.02. The summed E-state index contributed by atoms with van der Waals surface area (Å²) < 4.78 is 12.5. The Hall–Kier alpha value is -2.15. The van der Waals surface area contributed by atoms with Crippen molar-refractivity contribution in [3.8, 4) is 5.75 Å². The number of nitrogens with zero attached hydrogens (tertiary/aromatic N) is 1. The zero-order valence-corrected chi connectivity index (χ0v) is 16.6. The Kier molecular flexibility index (Phi) is 4.56. The molecule has 3 aromatic rings. The predicted octanol–water partition coefficient (Wildman–Crippen LogP) is 5.67. The first-order chi connectivity index (χ1) is 12.5. The van der Waals surface area contributed by atoms with Gasteiger partial charge in [0, 0.05) is 14.6 Å². The smallest absolute Gasteiger partial charge is 0.363 e. The highest BCUT2D eigenvalue weighted by atomic mass is 79.9. The molecule has 0 bridgehead atoms. The van der Waals surface area contributed by atoms with E-state index in [0.29, 0.717) is 15.6 Å². The van der Waals surface area contributed by atoms with Gasteiger partial charge in [-0.25, -0.2) is 9.79 Å². The maximum Gasteiger partial charge on any atom is 0.363 e. The van der Waals surface area contributed by atoms with Crippen LogP contribution in [0, 0.1) is 0 Å². The van der Waals surface area contributed by atoms with Crippen LogP contribution in [0.2, 0.25) is 5.02 Å². The first-order valence-electron chi connectivity index (χ1n) is 7.59. The van der Waals surface area contributed by atoms with E-state index in [0.717, 1.165) is 20.1 Å². The van der Waals surface area contributed by atoms with E-state index in [1.807, 2.05) is 42.5 Å². The summed E-state index contributed by atoms with van der Waals surface area (Å²) >= 11 is 11.4. The Bertz CT molecular complexity index is 1100. The molecular formula is C19H11BrClNO3S. The average molecular weight is 449 g/mol. The van der Waals surface area contributed by atoms with Crippen molar-refractivity contribution in [2.75, 3.05) is 7.11 Å². The molecule has 4 nitrogen and oxygen atoms in total. The van der Waals surface area contributed by atoms with Crippen LogP contribution in [0.1, 0.15) is 10.4 Å². The number of ether oxygens (including phenoxy) is 2. The number of carbonyl (C=O) groups is 1. The van der Waals surface area contributed by atoms with Gasteiger partial charge in [0.15, 0.2) is 5.70 Å². The highest BCUT2D eigenvalue weighted by Crippen LogP contribution is 2.38. The van der Waals surface area contributed by atoms with Crippen molar-refractivity contribution in [3.63, 3.8) is 0 Å². The minimum Gasteiger partial charge on any atom is -0.497 e. The van der Waals surface area contributed by atoms with Gasteiger partial charge in [0.2, 0.25) is 5.90 Å². The lowest BCUT2D eigenvalue weighted by Gasteiger charge is -2.00. The quantitative estimate of drug-likeness (QED) is 0.383. The van der Waals surface area contributed by atoms with Crippen LogP contribution in [-0.4, -0.2) is 19.0 Å². The van der Waals surface area contributed by atoms with E-state index in [1.54, 1.807) is 13.2 Å². The minimum absolute atomic E-state index is 0.225. The largest absolute Gasteiger partial charge is 0.497 e. The molecule has 2 heterocycles. The van der Waals surface area contributed by atoms with E-state index in [-0.39, 0.29) is 11.6 Å². The molecule has 7 heteroatoms. The van der Waals surface area contributed by atoms with E-state index >= 15 is 0 Å². The molecule has 0 unspecified atom stereocenters. The molecule has 130 valence electrons. The molecule has 0 radical (unpaired) electrons. The molecule has 0 atom stereocenters. The van der Waals surface area contributed by atoms with Crippen LogP contribution < -0.4 is 4.74 Å². The topological polar surface area (TPSA) is 47.9 Å². The molecular weight excluding hydrogens is 438 g/mol. The van der Waals surface area contributed by atoms with Gasteiger partial charge in [0.1, 0.15) is 10.6 Å². The van der Waals surface area contributed by atoms with Gasteiger partial charge in [0.05, 0.1) is 12.1 Å². The molecule has 4 rings (SSSR count). The minimum atomic E-state index is -0.502. The number of halogens is 2. The molecule has 0 N–H and O–H groups in total. The lowest BCUT2D eigenvalue weighted by Crippen LogP contribution is -2.04.